The Morgan fingerprint density at radius 1 is 1.24 bits per heavy atom. The van der Waals surface area contributed by atoms with Crippen molar-refractivity contribution in [1.82, 2.24) is 14.7 Å². The van der Waals surface area contributed by atoms with Gasteiger partial charge >= 0.3 is 6.03 Å². The number of benzene rings is 1. The van der Waals surface area contributed by atoms with E-state index in [0.717, 1.165) is 20.1 Å². The van der Waals surface area contributed by atoms with E-state index in [9.17, 15) is 13.2 Å². The molecular weight excluding hydrogens is 448 g/mol. The summed E-state index contributed by atoms with van der Waals surface area (Å²) in [7, 11) is -3.98. The summed E-state index contributed by atoms with van der Waals surface area (Å²) in [6.45, 7) is 1.90. The average Bonchev–Trinajstić information content (AvgIpc) is 3.15. The quantitative estimate of drug-likeness (QED) is 0.617. The minimum Gasteiger partial charge on any atom is -0.283 e. The predicted octanol–water partition coefficient (Wildman–Crippen LogP) is 3.85. The lowest BCUT2D eigenvalue weighted by molar-refractivity contribution is 0.256. The maximum atomic E-state index is 12.3. The summed E-state index contributed by atoms with van der Waals surface area (Å²) in [5.74, 6) is 0. The largest absolute Gasteiger partial charge is 0.334 e. The number of hydrogen-bond acceptors (Lipinski definition) is 7. The number of carbonyl (C=O) groups excluding carboxylic acids is 1. The van der Waals surface area contributed by atoms with Gasteiger partial charge in [-0.15, -0.1) is 11.3 Å². The van der Waals surface area contributed by atoms with Gasteiger partial charge in [-0.3, -0.25) is 5.32 Å². The molecular formula is C14H11BrN4O3S3. The number of nitrogens with one attached hydrogen (secondary N) is 2. The van der Waals surface area contributed by atoms with Crippen LogP contribution in [0.25, 0.3) is 11.3 Å². The number of amides is 2. The number of urea groups is 1. The number of aromatic nitrogens is 2. The molecule has 2 aromatic heterocycles. The average molecular weight is 459 g/mol. The Bertz CT molecular complexity index is 1010. The van der Waals surface area contributed by atoms with Gasteiger partial charge in [0.2, 0.25) is 0 Å². The van der Waals surface area contributed by atoms with Gasteiger partial charge in [-0.05, 0) is 35.0 Å². The Kier molecular flexibility index (Phi) is 5.18. The second-order valence-electron chi connectivity index (χ2n) is 4.81. The lowest BCUT2D eigenvalue weighted by atomic mass is 10.2. The number of rotatable bonds is 4. The highest BCUT2D eigenvalue weighted by atomic mass is 79.9. The summed E-state index contributed by atoms with van der Waals surface area (Å²) >= 11 is 5.90. The van der Waals surface area contributed by atoms with Crippen molar-refractivity contribution in [3.05, 3.63) is 44.6 Å². The van der Waals surface area contributed by atoms with Crippen molar-refractivity contribution >= 4 is 59.8 Å². The van der Waals surface area contributed by atoms with E-state index in [2.05, 4.69) is 31.2 Å². The van der Waals surface area contributed by atoms with Crippen LogP contribution in [0.2, 0.25) is 0 Å². The lowest BCUT2D eigenvalue weighted by Crippen LogP contribution is -2.34. The third kappa shape index (κ3) is 4.42. The predicted molar refractivity (Wildman–Crippen MR) is 101 cm³/mol. The molecule has 2 amide bonds. The van der Waals surface area contributed by atoms with E-state index in [-0.39, 0.29) is 10.0 Å². The van der Waals surface area contributed by atoms with Crippen LogP contribution >= 0.6 is 38.6 Å². The molecule has 0 radical (unpaired) electrons. The standard InChI is InChI=1S/C14H11BrN4O3S3/c1-8-17-11(7-23-8)9-2-4-10(5-3-9)25(21,22)19-13(20)18-14-16-6-12(15)24-14/h2-7H,1H3,(H2,16,18,19,20). The van der Waals surface area contributed by atoms with E-state index in [1.165, 1.54) is 41.0 Å². The van der Waals surface area contributed by atoms with Gasteiger partial charge in [0.1, 0.15) is 0 Å². The van der Waals surface area contributed by atoms with E-state index >= 15 is 0 Å². The molecule has 25 heavy (non-hydrogen) atoms. The van der Waals surface area contributed by atoms with Gasteiger partial charge in [-0.25, -0.2) is 27.9 Å². The third-order valence-corrected chi connectivity index (χ3v) is 6.52. The molecule has 7 nitrogen and oxygen atoms in total. The van der Waals surface area contributed by atoms with Crippen LogP contribution in [0.1, 0.15) is 5.01 Å². The summed E-state index contributed by atoms with van der Waals surface area (Å²) in [6.07, 6.45) is 1.51. The highest BCUT2D eigenvalue weighted by Crippen LogP contribution is 2.24. The fourth-order valence-corrected chi connectivity index (χ4v) is 4.55. The van der Waals surface area contributed by atoms with Gasteiger partial charge in [0, 0.05) is 10.9 Å². The first-order chi connectivity index (χ1) is 11.8. The molecule has 2 N–H and O–H groups in total. The van der Waals surface area contributed by atoms with Crippen molar-refractivity contribution < 1.29 is 13.2 Å². The number of nitrogens with zero attached hydrogens (tertiary/aromatic N) is 2. The molecule has 0 unspecified atom stereocenters. The molecule has 3 aromatic rings. The first-order valence-corrected chi connectivity index (χ1v) is 10.8. The molecule has 0 spiro atoms. The van der Waals surface area contributed by atoms with Gasteiger partial charge in [-0.1, -0.05) is 23.5 Å². The molecule has 0 fully saturated rings. The van der Waals surface area contributed by atoms with Crippen LogP contribution in [-0.2, 0) is 10.0 Å². The SMILES string of the molecule is Cc1nc(-c2ccc(S(=O)(=O)NC(=O)Nc3ncc(Br)s3)cc2)cs1. The van der Waals surface area contributed by atoms with Crippen LogP contribution in [0.5, 0.6) is 0 Å². The topological polar surface area (TPSA) is 101 Å². The van der Waals surface area contributed by atoms with Crippen molar-refractivity contribution in [3.8, 4) is 11.3 Å². The Morgan fingerprint density at radius 2 is 1.96 bits per heavy atom. The van der Waals surface area contributed by atoms with Gasteiger partial charge < -0.3 is 0 Å². The minimum absolute atomic E-state index is 0.0151. The molecule has 0 aliphatic carbocycles. The second-order valence-corrected chi connectivity index (χ2v) is 9.96. The summed E-state index contributed by atoms with van der Waals surface area (Å²) in [5, 5.41) is 5.48. The summed E-state index contributed by atoms with van der Waals surface area (Å²) in [4.78, 5) is 20.1. The number of thiazole rings is 2. The molecule has 0 bridgehead atoms. The maximum Gasteiger partial charge on any atom is 0.334 e. The van der Waals surface area contributed by atoms with Crippen molar-refractivity contribution in [2.24, 2.45) is 0 Å². The molecule has 11 heteroatoms. The normalized spacial score (nSPS) is 11.3. The number of carbonyl (C=O) groups is 1. The van der Waals surface area contributed by atoms with E-state index in [1.807, 2.05) is 17.0 Å². The number of aryl methyl sites for hydroxylation is 1. The molecule has 0 aliphatic heterocycles. The van der Waals surface area contributed by atoms with E-state index in [0.29, 0.717) is 0 Å². The molecule has 0 saturated carbocycles. The van der Waals surface area contributed by atoms with Crippen molar-refractivity contribution in [2.75, 3.05) is 5.32 Å². The first kappa shape index (κ1) is 18.0. The van der Waals surface area contributed by atoms with Gasteiger partial charge in [0.15, 0.2) is 5.13 Å². The molecule has 130 valence electrons. The molecule has 0 atom stereocenters. The van der Waals surface area contributed by atoms with Gasteiger partial charge in [0.25, 0.3) is 10.0 Å². The van der Waals surface area contributed by atoms with Gasteiger partial charge in [0.05, 0.1) is 25.6 Å². The van der Waals surface area contributed by atoms with E-state index < -0.39 is 16.1 Å². The van der Waals surface area contributed by atoms with E-state index in [1.54, 1.807) is 12.1 Å². The zero-order valence-corrected chi connectivity index (χ0v) is 16.7. The van der Waals surface area contributed by atoms with Crippen molar-refractivity contribution in [2.45, 2.75) is 11.8 Å². The monoisotopic (exact) mass is 458 g/mol. The molecule has 0 saturated heterocycles. The number of halogens is 1. The fraction of sp³-hybridized carbons (Fsp3) is 0.0714. The smallest absolute Gasteiger partial charge is 0.283 e. The zero-order chi connectivity index (χ0) is 18.0. The lowest BCUT2D eigenvalue weighted by Gasteiger charge is -2.07. The summed E-state index contributed by atoms with van der Waals surface area (Å²) in [6, 6.07) is 5.29. The molecule has 2 heterocycles. The Hall–Kier alpha value is -1.82. The minimum atomic E-state index is -3.98. The number of sulfonamides is 1. The summed E-state index contributed by atoms with van der Waals surface area (Å²) < 4.78 is 27.2. The molecule has 1 aromatic carbocycles. The maximum absolute atomic E-state index is 12.3. The van der Waals surface area contributed by atoms with Crippen LogP contribution in [-0.4, -0.2) is 24.4 Å². The van der Waals surface area contributed by atoms with Crippen molar-refractivity contribution in [1.29, 1.82) is 0 Å². The van der Waals surface area contributed by atoms with Crippen LogP contribution < -0.4 is 10.0 Å². The third-order valence-electron chi connectivity index (χ3n) is 3.00. The highest BCUT2D eigenvalue weighted by molar-refractivity contribution is 9.11. The zero-order valence-electron chi connectivity index (χ0n) is 12.7. The van der Waals surface area contributed by atoms with Crippen molar-refractivity contribution in [3.63, 3.8) is 0 Å². The van der Waals surface area contributed by atoms with Crippen LogP contribution in [0.4, 0.5) is 9.93 Å². The van der Waals surface area contributed by atoms with E-state index in [4.69, 9.17) is 0 Å². The fourth-order valence-electron chi connectivity index (χ4n) is 1.92. The van der Waals surface area contributed by atoms with Crippen LogP contribution in [0.15, 0.2) is 44.5 Å². The van der Waals surface area contributed by atoms with Crippen LogP contribution in [0, 0.1) is 6.92 Å². The Morgan fingerprint density at radius 3 is 2.52 bits per heavy atom. The first-order valence-electron chi connectivity index (χ1n) is 6.81. The number of anilines is 1. The molecule has 3 rings (SSSR count). The number of hydrogen-bond donors (Lipinski definition) is 2. The summed E-state index contributed by atoms with van der Waals surface area (Å²) in [5.41, 5.74) is 1.59. The second kappa shape index (κ2) is 7.20. The Balaban J connectivity index is 1.72. The van der Waals surface area contributed by atoms with Crippen LogP contribution in [0.3, 0.4) is 0 Å². The highest BCUT2D eigenvalue weighted by Gasteiger charge is 2.18. The van der Waals surface area contributed by atoms with Gasteiger partial charge in [-0.2, -0.15) is 0 Å². The Labute approximate surface area is 160 Å². The molecule has 0 aliphatic rings.